The van der Waals surface area contributed by atoms with E-state index < -0.39 is 12.0 Å². The van der Waals surface area contributed by atoms with Crippen molar-refractivity contribution in [2.24, 2.45) is 0 Å². The van der Waals surface area contributed by atoms with Crippen LogP contribution in [0.4, 0.5) is 0 Å². The Kier molecular flexibility index (Phi) is 4.19. The molecule has 1 atom stereocenters. The van der Waals surface area contributed by atoms with Crippen LogP contribution in [0.25, 0.3) is 0 Å². The summed E-state index contributed by atoms with van der Waals surface area (Å²) in [4.78, 5) is 24.2. The second kappa shape index (κ2) is 5.42. The monoisotopic (exact) mass is 221 g/mol. The summed E-state index contributed by atoms with van der Waals surface area (Å²) in [5.41, 5.74) is 0.551. The maximum atomic E-state index is 11.8. The predicted octanol–water partition coefficient (Wildman–Crippen LogP) is 1.27. The first-order valence-corrected chi connectivity index (χ1v) is 5.00. The Balaban J connectivity index is 2.74. The molecule has 0 spiro atoms. The van der Waals surface area contributed by atoms with Gasteiger partial charge in [-0.3, -0.25) is 14.5 Å². The molecule has 1 N–H and O–H groups in total. The molecule has 1 unspecified atom stereocenters. The topological polar surface area (TPSA) is 57.6 Å². The van der Waals surface area contributed by atoms with Gasteiger partial charge in [0.1, 0.15) is 6.04 Å². The summed E-state index contributed by atoms with van der Waals surface area (Å²) in [7, 11) is 3.30. The maximum Gasteiger partial charge on any atom is 0.321 e. The van der Waals surface area contributed by atoms with Gasteiger partial charge in [-0.2, -0.15) is 0 Å². The summed E-state index contributed by atoms with van der Waals surface area (Å²) >= 11 is 0. The first-order valence-electron chi connectivity index (χ1n) is 5.00. The molecule has 0 aliphatic carbocycles. The Bertz CT molecular complexity index is 373. The molecular formula is C12H15NO3. The van der Waals surface area contributed by atoms with Gasteiger partial charge in [0.05, 0.1) is 0 Å². The highest BCUT2D eigenvalue weighted by atomic mass is 16.4. The van der Waals surface area contributed by atoms with Crippen LogP contribution >= 0.6 is 0 Å². The Morgan fingerprint density at radius 2 is 1.81 bits per heavy atom. The smallest absolute Gasteiger partial charge is 0.321 e. The number of hydrogen-bond acceptors (Lipinski definition) is 3. The molecule has 0 heterocycles. The molecule has 1 aromatic rings. The highest BCUT2D eigenvalue weighted by Gasteiger charge is 2.23. The number of hydrogen-bond donors (Lipinski definition) is 1. The second-order valence-electron chi connectivity index (χ2n) is 3.81. The van der Waals surface area contributed by atoms with Crippen LogP contribution in [0.1, 0.15) is 16.8 Å². The van der Waals surface area contributed by atoms with E-state index in [0.717, 1.165) is 0 Å². The minimum atomic E-state index is -0.978. The number of nitrogens with zero attached hydrogens (tertiary/aromatic N) is 1. The summed E-state index contributed by atoms with van der Waals surface area (Å²) in [6, 6.07) is 7.95. The number of aliphatic carboxylic acids is 1. The molecule has 0 fully saturated rings. The van der Waals surface area contributed by atoms with Gasteiger partial charge in [0.25, 0.3) is 0 Å². The molecule has 0 aliphatic heterocycles. The molecule has 0 amide bonds. The first kappa shape index (κ1) is 12.4. The van der Waals surface area contributed by atoms with Crippen LogP contribution in [0.2, 0.25) is 0 Å². The van der Waals surface area contributed by atoms with Crippen LogP contribution in [0.5, 0.6) is 0 Å². The lowest BCUT2D eigenvalue weighted by molar-refractivity contribution is -0.142. The minimum Gasteiger partial charge on any atom is -0.480 e. The van der Waals surface area contributed by atoms with Crippen LogP contribution in [0, 0.1) is 0 Å². The summed E-state index contributed by atoms with van der Waals surface area (Å²) in [6.07, 6.45) is -0.00759. The highest BCUT2D eigenvalue weighted by molar-refractivity contribution is 5.98. The Hall–Kier alpha value is -1.68. The Morgan fingerprint density at radius 3 is 2.25 bits per heavy atom. The SMILES string of the molecule is CN(C)C(CC(=O)c1ccccc1)C(=O)O. The van der Waals surface area contributed by atoms with Gasteiger partial charge in [-0.25, -0.2) is 0 Å². The van der Waals surface area contributed by atoms with Crippen LogP contribution in [-0.4, -0.2) is 41.9 Å². The third-order valence-corrected chi connectivity index (χ3v) is 2.38. The van der Waals surface area contributed by atoms with Gasteiger partial charge in [0.2, 0.25) is 0 Å². The van der Waals surface area contributed by atoms with Crippen LogP contribution < -0.4 is 0 Å². The number of carbonyl (C=O) groups excluding carboxylic acids is 1. The quantitative estimate of drug-likeness (QED) is 0.761. The summed E-state index contributed by atoms with van der Waals surface area (Å²) in [5.74, 6) is -1.13. The third-order valence-electron chi connectivity index (χ3n) is 2.38. The zero-order valence-corrected chi connectivity index (χ0v) is 9.38. The van der Waals surface area contributed by atoms with Crippen molar-refractivity contribution in [2.45, 2.75) is 12.5 Å². The second-order valence-corrected chi connectivity index (χ2v) is 3.81. The number of carboxylic acid groups (broad SMARTS) is 1. The lowest BCUT2D eigenvalue weighted by Gasteiger charge is -2.18. The molecule has 0 radical (unpaired) electrons. The van der Waals surface area contributed by atoms with E-state index in [1.54, 1.807) is 38.4 Å². The number of Topliss-reactive ketones (excluding diaryl/α,β-unsaturated/α-hetero) is 1. The average molecular weight is 221 g/mol. The van der Waals surface area contributed by atoms with E-state index in [9.17, 15) is 9.59 Å². The fourth-order valence-electron chi connectivity index (χ4n) is 1.41. The van der Waals surface area contributed by atoms with Gasteiger partial charge in [0, 0.05) is 12.0 Å². The van der Waals surface area contributed by atoms with E-state index in [1.165, 1.54) is 4.90 Å². The normalized spacial score (nSPS) is 12.4. The van der Waals surface area contributed by atoms with Crippen molar-refractivity contribution in [1.29, 1.82) is 0 Å². The number of benzene rings is 1. The molecule has 0 saturated carbocycles. The molecule has 0 bridgehead atoms. The molecule has 16 heavy (non-hydrogen) atoms. The van der Waals surface area contributed by atoms with Gasteiger partial charge in [-0.05, 0) is 14.1 Å². The highest BCUT2D eigenvalue weighted by Crippen LogP contribution is 2.08. The molecule has 0 aromatic heterocycles. The third kappa shape index (κ3) is 3.17. The Labute approximate surface area is 94.5 Å². The van der Waals surface area contributed by atoms with Crippen molar-refractivity contribution in [3.8, 4) is 0 Å². The van der Waals surface area contributed by atoms with Gasteiger partial charge in [-0.1, -0.05) is 30.3 Å². The van der Waals surface area contributed by atoms with Crippen molar-refractivity contribution in [3.05, 3.63) is 35.9 Å². The average Bonchev–Trinajstić information content (AvgIpc) is 2.25. The van der Waals surface area contributed by atoms with Gasteiger partial charge >= 0.3 is 5.97 Å². The molecule has 86 valence electrons. The molecule has 1 rings (SSSR count). The van der Waals surface area contributed by atoms with Crippen LogP contribution in [0.3, 0.4) is 0 Å². The number of carbonyl (C=O) groups is 2. The van der Waals surface area contributed by atoms with E-state index in [1.807, 2.05) is 6.07 Å². The summed E-state index contributed by atoms with van der Waals surface area (Å²) in [5, 5.41) is 8.95. The van der Waals surface area contributed by atoms with E-state index in [4.69, 9.17) is 5.11 Å². The van der Waals surface area contributed by atoms with E-state index in [2.05, 4.69) is 0 Å². The zero-order chi connectivity index (χ0) is 12.1. The molecule has 1 aromatic carbocycles. The minimum absolute atomic E-state index is 0.00759. The van der Waals surface area contributed by atoms with Crippen molar-refractivity contribution < 1.29 is 14.7 Å². The number of rotatable bonds is 5. The molecule has 0 saturated heterocycles. The summed E-state index contributed by atoms with van der Waals surface area (Å²) < 4.78 is 0. The predicted molar refractivity (Wildman–Crippen MR) is 60.5 cm³/mol. The van der Waals surface area contributed by atoms with E-state index in [0.29, 0.717) is 5.56 Å². The fourth-order valence-corrected chi connectivity index (χ4v) is 1.41. The standard InChI is InChI=1S/C12H15NO3/c1-13(2)10(12(15)16)8-11(14)9-6-4-3-5-7-9/h3-7,10H,8H2,1-2H3,(H,15,16). The Morgan fingerprint density at radius 1 is 1.25 bits per heavy atom. The molecule has 4 nitrogen and oxygen atoms in total. The maximum absolute atomic E-state index is 11.8. The zero-order valence-electron chi connectivity index (χ0n) is 9.38. The molecule has 4 heteroatoms. The lowest BCUT2D eigenvalue weighted by atomic mass is 10.0. The van der Waals surface area contributed by atoms with Gasteiger partial charge in [-0.15, -0.1) is 0 Å². The molecular weight excluding hydrogens is 206 g/mol. The lowest BCUT2D eigenvalue weighted by Crippen LogP contribution is -2.37. The fraction of sp³-hybridized carbons (Fsp3) is 0.333. The largest absolute Gasteiger partial charge is 0.480 e. The van der Waals surface area contributed by atoms with Crippen molar-refractivity contribution in [1.82, 2.24) is 4.90 Å². The van der Waals surface area contributed by atoms with E-state index in [-0.39, 0.29) is 12.2 Å². The van der Waals surface area contributed by atoms with E-state index >= 15 is 0 Å². The van der Waals surface area contributed by atoms with Crippen molar-refractivity contribution in [3.63, 3.8) is 0 Å². The molecule has 0 aliphatic rings. The first-order chi connectivity index (χ1) is 7.52. The number of ketones is 1. The van der Waals surface area contributed by atoms with Crippen molar-refractivity contribution >= 4 is 11.8 Å². The summed E-state index contributed by atoms with van der Waals surface area (Å²) in [6.45, 7) is 0. The van der Waals surface area contributed by atoms with Gasteiger partial charge < -0.3 is 5.11 Å². The van der Waals surface area contributed by atoms with Crippen LogP contribution in [0.15, 0.2) is 30.3 Å². The number of carboxylic acids is 1. The number of likely N-dealkylation sites (N-methyl/N-ethyl adjacent to an activating group) is 1. The van der Waals surface area contributed by atoms with Crippen molar-refractivity contribution in [2.75, 3.05) is 14.1 Å². The van der Waals surface area contributed by atoms with Gasteiger partial charge in [0.15, 0.2) is 5.78 Å². The van der Waals surface area contributed by atoms with Crippen LogP contribution in [-0.2, 0) is 4.79 Å².